The van der Waals surface area contributed by atoms with Crippen LogP contribution >= 0.6 is 0 Å². The molecule has 15 heavy (non-hydrogen) atoms. The predicted molar refractivity (Wildman–Crippen MR) is 57.6 cm³/mol. The first-order chi connectivity index (χ1) is 7.17. The van der Waals surface area contributed by atoms with Gasteiger partial charge in [0.1, 0.15) is 0 Å². The van der Waals surface area contributed by atoms with Gasteiger partial charge in [-0.15, -0.1) is 5.10 Å². The van der Waals surface area contributed by atoms with Gasteiger partial charge in [-0.3, -0.25) is 0 Å². The Morgan fingerprint density at radius 2 is 2.07 bits per heavy atom. The zero-order valence-corrected chi connectivity index (χ0v) is 9.32. The van der Waals surface area contributed by atoms with Crippen molar-refractivity contribution < 1.29 is 4.74 Å². The van der Waals surface area contributed by atoms with E-state index in [0.717, 1.165) is 11.4 Å². The van der Waals surface area contributed by atoms with E-state index in [1.807, 2.05) is 13.8 Å². The third-order valence-electron chi connectivity index (χ3n) is 2.08. The smallest absolute Gasteiger partial charge is 0.243 e. The first-order valence-electron chi connectivity index (χ1n) is 4.80. The maximum absolute atomic E-state index is 5.56. The molecule has 0 fully saturated rings. The van der Waals surface area contributed by atoms with Gasteiger partial charge < -0.3 is 15.8 Å². The Bertz CT molecular complexity index is 317. The van der Waals surface area contributed by atoms with Gasteiger partial charge in [0.2, 0.25) is 5.95 Å². The summed E-state index contributed by atoms with van der Waals surface area (Å²) >= 11 is 0. The fraction of sp³-hybridized carbons (Fsp3) is 0.667. The molecule has 0 aromatic carbocycles. The summed E-state index contributed by atoms with van der Waals surface area (Å²) in [5, 5.41) is 11.0. The van der Waals surface area contributed by atoms with E-state index in [-0.39, 0.29) is 6.04 Å². The fourth-order valence-corrected chi connectivity index (χ4v) is 1.07. The molecule has 6 heteroatoms. The molecule has 0 aliphatic carbocycles. The van der Waals surface area contributed by atoms with Gasteiger partial charge in [-0.1, -0.05) is 0 Å². The molecule has 0 radical (unpaired) electrons. The second kappa shape index (κ2) is 5.57. The lowest BCUT2D eigenvalue weighted by Gasteiger charge is -2.15. The number of aryl methyl sites for hydroxylation is 2. The lowest BCUT2D eigenvalue weighted by atomic mass is 10.3. The van der Waals surface area contributed by atoms with Crippen LogP contribution in [0.4, 0.5) is 5.95 Å². The molecule has 84 valence electrons. The zero-order valence-electron chi connectivity index (χ0n) is 9.32. The molecule has 6 nitrogen and oxygen atoms in total. The number of ether oxygens (including phenoxy) is 1. The van der Waals surface area contributed by atoms with Gasteiger partial charge in [-0.25, -0.2) is 4.98 Å². The van der Waals surface area contributed by atoms with Crippen molar-refractivity contribution in [2.75, 3.05) is 25.6 Å². The van der Waals surface area contributed by atoms with Crippen LogP contribution in [0.2, 0.25) is 0 Å². The van der Waals surface area contributed by atoms with Crippen molar-refractivity contribution in [2.45, 2.75) is 19.9 Å². The van der Waals surface area contributed by atoms with E-state index in [9.17, 15) is 0 Å². The van der Waals surface area contributed by atoms with E-state index in [4.69, 9.17) is 10.5 Å². The number of methoxy groups -OCH3 is 1. The molecule has 1 heterocycles. The average Bonchev–Trinajstić information content (AvgIpc) is 2.23. The van der Waals surface area contributed by atoms with Crippen LogP contribution in [0.25, 0.3) is 0 Å². The van der Waals surface area contributed by atoms with Crippen molar-refractivity contribution in [1.29, 1.82) is 0 Å². The Labute approximate surface area is 89.3 Å². The van der Waals surface area contributed by atoms with Crippen molar-refractivity contribution in [3.8, 4) is 0 Å². The molecule has 0 saturated heterocycles. The average molecular weight is 211 g/mol. The lowest BCUT2D eigenvalue weighted by molar-refractivity contribution is 0.187. The number of aromatic nitrogens is 3. The van der Waals surface area contributed by atoms with Gasteiger partial charge in [0.25, 0.3) is 0 Å². The summed E-state index contributed by atoms with van der Waals surface area (Å²) in [5.41, 5.74) is 7.25. The van der Waals surface area contributed by atoms with Gasteiger partial charge >= 0.3 is 0 Å². The van der Waals surface area contributed by atoms with Crippen LogP contribution < -0.4 is 11.1 Å². The minimum Gasteiger partial charge on any atom is -0.383 e. The van der Waals surface area contributed by atoms with Crippen LogP contribution in [0, 0.1) is 13.8 Å². The largest absolute Gasteiger partial charge is 0.383 e. The Morgan fingerprint density at radius 1 is 1.33 bits per heavy atom. The SMILES string of the molecule is COCC(CN)Nc1nnc(C)c(C)n1. The van der Waals surface area contributed by atoms with Crippen molar-refractivity contribution in [3.05, 3.63) is 11.4 Å². The molecule has 1 unspecified atom stereocenters. The van der Waals surface area contributed by atoms with Crippen LogP contribution in [0.1, 0.15) is 11.4 Å². The number of nitrogens with two attached hydrogens (primary N) is 1. The number of hydrogen-bond donors (Lipinski definition) is 2. The van der Waals surface area contributed by atoms with E-state index in [1.54, 1.807) is 7.11 Å². The van der Waals surface area contributed by atoms with Crippen LogP contribution in [0.15, 0.2) is 0 Å². The maximum Gasteiger partial charge on any atom is 0.243 e. The first-order valence-corrected chi connectivity index (χ1v) is 4.80. The second-order valence-electron chi connectivity index (χ2n) is 3.34. The van der Waals surface area contributed by atoms with Crippen LogP contribution in [0.3, 0.4) is 0 Å². The topological polar surface area (TPSA) is 86.0 Å². The van der Waals surface area contributed by atoms with Crippen molar-refractivity contribution in [1.82, 2.24) is 15.2 Å². The molecular formula is C9H17N5O. The summed E-state index contributed by atoms with van der Waals surface area (Å²) in [6.07, 6.45) is 0. The summed E-state index contributed by atoms with van der Waals surface area (Å²) in [4.78, 5) is 4.25. The Balaban J connectivity index is 2.66. The number of hydrogen-bond acceptors (Lipinski definition) is 6. The second-order valence-corrected chi connectivity index (χ2v) is 3.34. The third-order valence-corrected chi connectivity index (χ3v) is 2.08. The van der Waals surface area contributed by atoms with E-state index in [1.165, 1.54) is 0 Å². The van der Waals surface area contributed by atoms with Gasteiger partial charge in [0, 0.05) is 13.7 Å². The molecule has 0 bridgehead atoms. The third kappa shape index (κ3) is 3.41. The monoisotopic (exact) mass is 211 g/mol. The molecular weight excluding hydrogens is 194 g/mol. The van der Waals surface area contributed by atoms with Gasteiger partial charge in [0.05, 0.1) is 24.0 Å². The highest BCUT2D eigenvalue weighted by atomic mass is 16.5. The van der Waals surface area contributed by atoms with Crippen LogP contribution in [0.5, 0.6) is 0 Å². The lowest BCUT2D eigenvalue weighted by Crippen LogP contribution is -2.34. The van der Waals surface area contributed by atoms with Crippen molar-refractivity contribution >= 4 is 5.95 Å². The minimum atomic E-state index is 0.0129. The first kappa shape index (κ1) is 11.8. The molecule has 0 spiro atoms. The Kier molecular flexibility index (Phi) is 4.38. The summed E-state index contributed by atoms with van der Waals surface area (Å²) < 4.78 is 5.00. The molecule has 1 atom stereocenters. The zero-order chi connectivity index (χ0) is 11.3. The van der Waals surface area contributed by atoms with Gasteiger partial charge in [-0.05, 0) is 13.8 Å². The predicted octanol–water partition coefficient (Wildman–Crippen LogP) is -0.126. The highest BCUT2D eigenvalue weighted by molar-refractivity contribution is 5.26. The quantitative estimate of drug-likeness (QED) is 0.706. The highest BCUT2D eigenvalue weighted by Gasteiger charge is 2.08. The molecule has 1 aromatic rings. The van der Waals surface area contributed by atoms with Crippen LogP contribution in [-0.4, -0.2) is 41.5 Å². The summed E-state index contributed by atoms with van der Waals surface area (Å²) in [7, 11) is 1.63. The summed E-state index contributed by atoms with van der Waals surface area (Å²) in [6, 6.07) is 0.0129. The number of rotatable bonds is 5. The van der Waals surface area contributed by atoms with E-state index >= 15 is 0 Å². The number of anilines is 1. The maximum atomic E-state index is 5.56. The Hall–Kier alpha value is -1.27. The fourth-order valence-electron chi connectivity index (χ4n) is 1.07. The Morgan fingerprint density at radius 3 is 2.60 bits per heavy atom. The number of nitrogens with zero attached hydrogens (tertiary/aromatic N) is 3. The van der Waals surface area contributed by atoms with E-state index < -0.39 is 0 Å². The molecule has 3 N–H and O–H groups in total. The molecule has 0 aliphatic heterocycles. The van der Waals surface area contributed by atoms with E-state index in [0.29, 0.717) is 19.1 Å². The van der Waals surface area contributed by atoms with E-state index in [2.05, 4.69) is 20.5 Å². The van der Waals surface area contributed by atoms with Gasteiger partial charge in [0.15, 0.2) is 0 Å². The standard InChI is InChI=1S/C9H17N5O/c1-6-7(2)13-14-9(11-6)12-8(4-10)5-15-3/h8H,4-5,10H2,1-3H3,(H,11,12,14). The van der Waals surface area contributed by atoms with Crippen molar-refractivity contribution in [2.24, 2.45) is 5.73 Å². The molecule has 0 amide bonds. The molecule has 0 aliphatic rings. The normalized spacial score (nSPS) is 12.5. The molecule has 1 aromatic heterocycles. The molecule has 1 rings (SSSR count). The highest BCUT2D eigenvalue weighted by Crippen LogP contribution is 2.03. The van der Waals surface area contributed by atoms with Crippen LogP contribution in [-0.2, 0) is 4.74 Å². The minimum absolute atomic E-state index is 0.0129. The van der Waals surface area contributed by atoms with Gasteiger partial charge in [-0.2, -0.15) is 5.10 Å². The van der Waals surface area contributed by atoms with Crippen molar-refractivity contribution in [3.63, 3.8) is 0 Å². The summed E-state index contributed by atoms with van der Waals surface area (Å²) in [6.45, 7) is 4.74. The molecule has 0 saturated carbocycles. The summed E-state index contributed by atoms with van der Waals surface area (Å²) in [5.74, 6) is 0.491. The number of nitrogens with one attached hydrogen (secondary N) is 1.